The van der Waals surface area contributed by atoms with Crippen molar-refractivity contribution in [1.82, 2.24) is 5.32 Å². The number of nitrogens with one attached hydrogen (secondary N) is 1. The van der Waals surface area contributed by atoms with Crippen molar-refractivity contribution in [1.29, 1.82) is 0 Å². The summed E-state index contributed by atoms with van der Waals surface area (Å²) in [6.45, 7) is 10.8. The topological polar surface area (TPSA) is 21.3 Å². The van der Waals surface area contributed by atoms with Crippen molar-refractivity contribution >= 4 is 0 Å². The first kappa shape index (κ1) is 9.01. The molecule has 0 bridgehead atoms. The van der Waals surface area contributed by atoms with E-state index < -0.39 is 0 Å². The molecule has 0 amide bonds. The Morgan fingerprint density at radius 1 is 1.36 bits per heavy atom. The predicted octanol–water partition coefficient (Wildman–Crippen LogP) is 1.61. The molecule has 11 heavy (non-hydrogen) atoms. The standard InChI is InChI=1S/C9H19NO/c1-7-10-5-8(6-11-7)9(2,3)4/h7-8,10H,5-6H2,1-4H3. The van der Waals surface area contributed by atoms with Gasteiger partial charge in [-0.15, -0.1) is 0 Å². The van der Waals surface area contributed by atoms with Crippen molar-refractivity contribution in [3.8, 4) is 0 Å². The van der Waals surface area contributed by atoms with Crippen LogP contribution in [0.25, 0.3) is 0 Å². The number of hydrogen-bond acceptors (Lipinski definition) is 2. The van der Waals surface area contributed by atoms with Gasteiger partial charge in [-0.25, -0.2) is 0 Å². The van der Waals surface area contributed by atoms with E-state index >= 15 is 0 Å². The van der Waals surface area contributed by atoms with Crippen molar-refractivity contribution in [2.75, 3.05) is 13.2 Å². The van der Waals surface area contributed by atoms with Gasteiger partial charge in [-0.05, 0) is 18.3 Å². The van der Waals surface area contributed by atoms with Gasteiger partial charge in [-0.3, -0.25) is 5.32 Å². The van der Waals surface area contributed by atoms with Crippen LogP contribution in [0.1, 0.15) is 27.7 Å². The van der Waals surface area contributed by atoms with E-state index in [1.54, 1.807) is 0 Å². The number of rotatable bonds is 0. The zero-order chi connectivity index (χ0) is 8.48. The maximum atomic E-state index is 5.51. The Bertz CT molecular complexity index is 120. The van der Waals surface area contributed by atoms with Crippen molar-refractivity contribution in [3.63, 3.8) is 0 Å². The molecular formula is C9H19NO. The molecule has 2 atom stereocenters. The van der Waals surface area contributed by atoms with E-state index in [1.807, 2.05) is 0 Å². The highest BCUT2D eigenvalue weighted by atomic mass is 16.5. The third-order valence-corrected chi connectivity index (χ3v) is 2.42. The van der Waals surface area contributed by atoms with Crippen LogP contribution in [0.3, 0.4) is 0 Å². The van der Waals surface area contributed by atoms with Gasteiger partial charge >= 0.3 is 0 Å². The molecule has 0 aromatic heterocycles. The zero-order valence-corrected chi connectivity index (χ0v) is 7.98. The fraction of sp³-hybridized carbons (Fsp3) is 1.00. The molecule has 0 aromatic carbocycles. The second kappa shape index (κ2) is 3.11. The maximum absolute atomic E-state index is 5.51. The summed E-state index contributed by atoms with van der Waals surface area (Å²) in [6.07, 6.45) is 0.244. The molecule has 1 aliphatic heterocycles. The summed E-state index contributed by atoms with van der Waals surface area (Å²) >= 11 is 0. The molecule has 1 fully saturated rings. The minimum absolute atomic E-state index is 0.244. The highest BCUT2D eigenvalue weighted by molar-refractivity contribution is 4.78. The van der Waals surface area contributed by atoms with Crippen molar-refractivity contribution in [3.05, 3.63) is 0 Å². The molecular weight excluding hydrogens is 138 g/mol. The monoisotopic (exact) mass is 157 g/mol. The molecule has 2 unspecified atom stereocenters. The van der Waals surface area contributed by atoms with E-state index in [9.17, 15) is 0 Å². The first-order valence-electron chi connectivity index (χ1n) is 4.35. The van der Waals surface area contributed by atoms with Gasteiger partial charge in [0.05, 0.1) is 6.61 Å². The van der Waals surface area contributed by atoms with Gasteiger partial charge in [0.2, 0.25) is 0 Å². The Balaban J connectivity index is 2.39. The lowest BCUT2D eigenvalue weighted by molar-refractivity contribution is -0.0455. The summed E-state index contributed by atoms with van der Waals surface area (Å²) in [5, 5.41) is 3.32. The van der Waals surface area contributed by atoms with Gasteiger partial charge in [-0.2, -0.15) is 0 Å². The van der Waals surface area contributed by atoms with Crippen LogP contribution < -0.4 is 5.32 Å². The summed E-state index contributed by atoms with van der Waals surface area (Å²) < 4.78 is 5.51. The molecule has 66 valence electrons. The molecule has 1 rings (SSSR count). The van der Waals surface area contributed by atoms with E-state index in [-0.39, 0.29) is 6.23 Å². The summed E-state index contributed by atoms with van der Waals surface area (Å²) in [6, 6.07) is 0. The molecule has 0 saturated carbocycles. The van der Waals surface area contributed by atoms with Crippen LogP contribution in [-0.4, -0.2) is 19.4 Å². The van der Waals surface area contributed by atoms with Crippen LogP contribution in [-0.2, 0) is 4.74 Å². The Morgan fingerprint density at radius 2 is 2.00 bits per heavy atom. The van der Waals surface area contributed by atoms with E-state index in [1.165, 1.54) is 0 Å². The third-order valence-electron chi connectivity index (χ3n) is 2.42. The lowest BCUT2D eigenvalue weighted by Gasteiger charge is -2.36. The normalized spacial score (nSPS) is 33.8. The van der Waals surface area contributed by atoms with Crippen LogP contribution in [0.4, 0.5) is 0 Å². The number of hydrogen-bond donors (Lipinski definition) is 1. The predicted molar refractivity (Wildman–Crippen MR) is 46.4 cm³/mol. The molecule has 2 nitrogen and oxygen atoms in total. The quantitative estimate of drug-likeness (QED) is 0.577. The average Bonchev–Trinajstić information content (AvgIpc) is 1.86. The van der Waals surface area contributed by atoms with Gasteiger partial charge in [0.1, 0.15) is 6.23 Å². The number of ether oxygens (including phenoxy) is 1. The van der Waals surface area contributed by atoms with Crippen LogP contribution in [0.2, 0.25) is 0 Å². The molecule has 1 aliphatic rings. The van der Waals surface area contributed by atoms with Crippen LogP contribution >= 0.6 is 0 Å². The van der Waals surface area contributed by atoms with E-state index in [2.05, 4.69) is 33.0 Å². The molecule has 1 saturated heterocycles. The second-order valence-electron chi connectivity index (χ2n) is 4.45. The highest BCUT2D eigenvalue weighted by Crippen LogP contribution is 2.27. The van der Waals surface area contributed by atoms with Gasteiger partial charge in [-0.1, -0.05) is 20.8 Å². The highest BCUT2D eigenvalue weighted by Gasteiger charge is 2.28. The summed E-state index contributed by atoms with van der Waals surface area (Å²) in [4.78, 5) is 0. The average molecular weight is 157 g/mol. The lowest BCUT2D eigenvalue weighted by Crippen LogP contribution is -2.46. The van der Waals surface area contributed by atoms with Crippen LogP contribution in [0.15, 0.2) is 0 Å². The molecule has 0 spiro atoms. The first-order valence-corrected chi connectivity index (χ1v) is 4.35. The minimum Gasteiger partial charge on any atom is -0.363 e. The van der Waals surface area contributed by atoms with Crippen molar-refractivity contribution in [2.45, 2.75) is 33.9 Å². The molecule has 2 heteroatoms. The lowest BCUT2D eigenvalue weighted by atomic mass is 9.81. The molecule has 0 aliphatic carbocycles. The molecule has 0 radical (unpaired) electrons. The van der Waals surface area contributed by atoms with Crippen LogP contribution in [0, 0.1) is 11.3 Å². The molecule has 1 heterocycles. The summed E-state index contributed by atoms with van der Waals surface area (Å²) in [7, 11) is 0. The maximum Gasteiger partial charge on any atom is 0.105 e. The Kier molecular flexibility index (Phi) is 2.55. The Hall–Kier alpha value is -0.0800. The fourth-order valence-corrected chi connectivity index (χ4v) is 1.24. The fourth-order valence-electron chi connectivity index (χ4n) is 1.24. The Morgan fingerprint density at radius 3 is 2.36 bits per heavy atom. The van der Waals surface area contributed by atoms with Gasteiger partial charge in [0.25, 0.3) is 0 Å². The van der Waals surface area contributed by atoms with Gasteiger partial charge in [0, 0.05) is 6.54 Å². The molecule has 0 aromatic rings. The SMILES string of the molecule is CC1NCC(C(C)(C)C)CO1. The zero-order valence-electron chi connectivity index (χ0n) is 7.98. The largest absolute Gasteiger partial charge is 0.363 e. The van der Waals surface area contributed by atoms with E-state index in [0.717, 1.165) is 13.2 Å². The Labute approximate surface area is 69.3 Å². The van der Waals surface area contributed by atoms with Crippen molar-refractivity contribution < 1.29 is 4.74 Å². The molecule has 1 N–H and O–H groups in total. The van der Waals surface area contributed by atoms with E-state index in [0.29, 0.717) is 11.3 Å². The van der Waals surface area contributed by atoms with Crippen molar-refractivity contribution in [2.24, 2.45) is 11.3 Å². The second-order valence-corrected chi connectivity index (χ2v) is 4.45. The summed E-state index contributed by atoms with van der Waals surface area (Å²) in [5.74, 6) is 0.652. The van der Waals surface area contributed by atoms with Gasteiger partial charge in [0.15, 0.2) is 0 Å². The van der Waals surface area contributed by atoms with Crippen LogP contribution in [0.5, 0.6) is 0 Å². The van der Waals surface area contributed by atoms with E-state index in [4.69, 9.17) is 4.74 Å². The first-order chi connectivity index (χ1) is 5.00. The minimum atomic E-state index is 0.244. The third kappa shape index (κ3) is 2.46. The van der Waals surface area contributed by atoms with Gasteiger partial charge < -0.3 is 4.74 Å². The smallest absolute Gasteiger partial charge is 0.105 e. The summed E-state index contributed by atoms with van der Waals surface area (Å²) in [5.41, 5.74) is 0.368.